The minimum atomic E-state index is 1.15. The van der Waals surface area contributed by atoms with Crippen LogP contribution in [0.3, 0.4) is 0 Å². The normalized spacial score (nSPS) is 20.2. The van der Waals surface area contributed by atoms with E-state index in [9.17, 15) is 0 Å². The lowest BCUT2D eigenvalue weighted by Crippen LogP contribution is -1.73. The molecule has 1 rings (SSSR count). The molecule has 0 radical (unpaired) electrons. The Morgan fingerprint density at radius 2 is 2.11 bits per heavy atom. The maximum absolute atomic E-state index is 4.29. The smallest absolute Gasteiger partial charge is 0.0184 e. The summed E-state index contributed by atoms with van der Waals surface area (Å²) in [4.78, 5) is 1.21. The minimum absolute atomic E-state index is 1.15. The zero-order valence-corrected chi connectivity index (χ0v) is 6.62. The van der Waals surface area contributed by atoms with Crippen molar-refractivity contribution >= 4 is 12.6 Å². The van der Waals surface area contributed by atoms with Crippen molar-refractivity contribution in [2.75, 3.05) is 0 Å². The van der Waals surface area contributed by atoms with Crippen LogP contribution in [0.2, 0.25) is 0 Å². The summed E-state index contributed by atoms with van der Waals surface area (Å²) in [7, 11) is 0. The molecule has 0 amide bonds. The standard InChI is InChI=1S/C8H12S/c1-7-3-2-4-8(9)6-5-7/h5-6,9H,2-4H2,1H3. The topological polar surface area (TPSA) is 0 Å². The summed E-state index contributed by atoms with van der Waals surface area (Å²) in [5.41, 5.74) is 1.47. The van der Waals surface area contributed by atoms with E-state index in [1.54, 1.807) is 0 Å². The Morgan fingerprint density at radius 3 is 2.89 bits per heavy atom. The molecule has 0 aliphatic heterocycles. The molecule has 0 aromatic heterocycles. The van der Waals surface area contributed by atoms with Crippen LogP contribution in [0.25, 0.3) is 0 Å². The van der Waals surface area contributed by atoms with Crippen molar-refractivity contribution in [2.24, 2.45) is 0 Å². The lowest BCUT2D eigenvalue weighted by Gasteiger charge is -1.94. The largest absolute Gasteiger partial charge is 0.148 e. The van der Waals surface area contributed by atoms with Gasteiger partial charge in [0.05, 0.1) is 0 Å². The van der Waals surface area contributed by atoms with E-state index >= 15 is 0 Å². The summed E-state index contributed by atoms with van der Waals surface area (Å²) in [6, 6.07) is 0. The van der Waals surface area contributed by atoms with Gasteiger partial charge in [-0.1, -0.05) is 17.7 Å². The van der Waals surface area contributed by atoms with Crippen LogP contribution in [0.4, 0.5) is 0 Å². The van der Waals surface area contributed by atoms with Crippen molar-refractivity contribution in [3.63, 3.8) is 0 Å². The zero-order chi connectivity index (χ0) is 6.69. The van der Waals surface area contributed by atoms with Crippen LogP contribution < -0.4 is 0 Å². The monoisotopic (exact) mass is 140 g/mol. The first-order valence-corrected chi connectivity index (χ1v) is 3.79. The third kappa shape index (κ3) is 2.27. The molecule has 0 aromatic rings. The Balaban J connectivity index is 2.63. The number of thiol groups is 1. The second-order valence-electron chi connectivity index (χ2n) is 2.52. The van der Waals surface area contributed by atoms with Crippen molar-refractivity contribution in [2.45, 2.75) is 26.2 Å². The van der Waals surface area contributed by atoms with Crippen molar-refractivity contribution < 1.29 is 0 Å². The summed E-state index contributed by atoms with van der Waals surface area (Å²) in [6.45, 7) is 2.17. The minimum Gasteiger partial charge on any atom is -0.148 e. The SMILES string of the molecule is CC1=CC=C(S)CCC1. The summed E-state index contributed by atoms with van der Waals surface area (Å²) in [5.74, 6) is 0. The Hall–Kier alpha value is -0.170. The summed E-state index contributed by atoms with van der Waals surface area (Å²) in [6.07, 6.45) is 7.91. The van der Waals surface area contributed by atoms with E-state index in [0.717, 1.165) is 6.42 Å². The number of hydrogen-bond donors (Lipinski definition) is 1. The Morgan fingerprint density at radius 1 is 1.33 bits per heavy atom. The molecule has 0 bridgehead atoms. The fourth-order valence-electron chi connectivity index (χ4n) is 0.953. The Labute approximate surface area is 62.1 Å². The van der Waals surface area contributed by atoms with E-state index in [0.29, 0.717) is 0 Å². The lowest BCUT2D eigenvalue weighted by atomic mass is 10.1. The molecule has 0 unspecified atom stereocenters. The third-order valence-corrected chi connectivity index (χ3v) is 1.94. The molecule has 0 saturated carbocycles. The quantitative estimate of drug-likeness (QED) is 0.491. The van der Waals surface area contributed by atoms with Crippen LogP contribution in [0, 0.1) is 0 Å². The molecular formula is C8H12S. The van der Waals surface area contributed by atoms with Crippen molar-refractivity contribution in [3.05, 3.63) is 22.6 Å². The van der Waals surface area contributed by atoms with Gasteiger partial charge in [0.2, 0.25) is 0 Å². The van der Waals surface area contributed by atoms with E-state index < -0.39 is 0 Å². The second kappa shape index (κ2) is 3.11. The van der Waals surface area contributed by atoms with Gasteiger partial charge in [0.15, 0.2) is 0 Å². The van der Waals surface area contributed by atoms with Crippen LogP contribution in [0.1, 0.15) is 26.2 Å². The van der Waals surface area contributed by atoms with Gasteiger partial charge >= 0.3 is 0 Å². The maximum atomic E-state index is 4.29. The molecule has 1 aliphatic carbocycles. The molecule has 0 saturated heterocycles. The van der Waals surface area contributed by atoms with Gasteiger partial charge in [0.1, 0.15) is 0 Å². The van der Waals surface area contributed by atoms with Gasteiger partial charge in [0, 0.05) is 0 Å². The van der Waals surface area contributed by atoms with Gasteiger partial charge in [-0.2, -0.15) is 0 Å². The number of hydrogen-bond acceptors (Lipinski definition) is 1. The highest BCUT2D eigenvalue weighted by atomic mass is 32.1. The number of allylic oxidation sites excluding steroid dienone is 4. The predicted octanol–water partition coefficient (Wildman–Crippen LogP) is 2.93. The van der Waals surface area contributed by atoms with Gasteiger partial charge in [-0.05, 0) is 31.1 Å². The first-order valence-electron chi connectivity index (χ1n) is 3.34. The first kappa shape index (κ1) is 6.94. The van der Waals surface area contributed by atoms with E-state index in [2.05, 4.69) is 31.7 Å². The number of rotatable bonds is 0. The third-order valence-electron chi connectivity index (χ3n) is 1.56. The van der Waals surface area contributed by atoms with Gasteiger partial charge < -0.3 is 0 Å². The Kier molecular flexibility index (Phi) is 2.40. The van der Waals surface area contributed by atoms with Crippen LogP contribution in [-0.4, -0.2) is 0 Å². The molecule has 0 spiro atoms. The van der Waals surface area contributed by atoms with Crippen molar-refractivity contribution in [3.8, 4) is 0 Å². The predicted molar refractivity (Wildman–Crippen MR) is 44.7 cm³/mol. The molecule has 0 fully saturated rings. The van der Waals surface area contributed by atoms with E-state index in [-0.39, 0.29) is 0 Å². The maximum Gasteiger partial charge on any atom is -0.0184 e. The molecule has 0 aromatic carbocycles. The van der Waals surface area contributed by atoms with E-state index in [4.69, 9.17) is 0 Å². The fraction of sp³-hybridized carbons (Fsp3) is 0.500. The highest BCUT2D eigenvalue weighted by molar-refractivity contribution is 7.84. The molecule has 0 atom stereocenters. The molecule has 50 valence electrons. The van der Waals surface area contributed by atoms with Crippen LogP contribution in [0.5, 0.6) is 0 Å². The average molecular weight is 140 g/mol. The van der Waals surface area contributed by atoms with Gasteiger partial charge in [-0.15, -0.1) is 12.6 Å². The highest BCUT2D eigenvalue weighted by Crippen LogP contribution is 2.18. The van der Waals surface area contributed by atoms with Gasteiger partial charge in [-0.3, -0.25) is 0 Å². The summed E-state index contributed by atoms with van der Waals surface area (Å²) >= 11 is 4.29. The molecule has 9 heavy (non-hydrogen) atoms. The summed E-state index contributed by atoms with van der Waals surface area (Å²) < 4.78 is 0. The van der Waals surface area contributed by atoms with E-state index in [1.165, 1.54) is 23.3 Å². The van der Waals surface area contributed by atoms with Crippen LogP contribution >= 0.6 is 12.6 Å². The molecule has 0 N–H and O–H groups in total. The fourth-order valence-corrected chi connectivity index (χ4v) is 1.19. The van der Waals surface area contributed by atoms with Gasteiger partial charge in [0.25, 0.3) is 0 Å². The summed E-state index contributed by atoms with van der Waals surface area (Å²) in [5, 5.41) is 0. The highest BCUT2D eigenvalue weighted by Gasteiger charge is 1.96. The molecule has 1 aliphatic rings. The average Bonchev–Trinajstić information content (AvgIpc) is 1.97. The van der Waals surface area contributed by atoms with Crippen molar-refractivity contribution in [1.82, 2.24) is 0 Å². The second-order valence-corrected chi connectivity index (χ2v) is 3.10. The van der Waals surface area contributed by atoms with Crippen LogP contribution in [0.15, 0.2) is 22.6 Å². The zero-order valence-electron chi connectivity index (χ0n) is 5.72. The van der Waals surface area contributed by atoms with E-state index in [1.807, 2.05) is 0 Å². The first-order chi connectivity index (χ1) is 4.29. The van der Waals surface area contributed by atoms with Crippen molar-refractivity contribution in [1.29, 1.82) is 0 Å². The van der Waals surface area contributed by atoms with Gasteiger partial charge in [-0.25, -0.2) is 0 Å². The molecule has 0 heterocycles. The Bertz CT molecular complexity index is 136. The molecular weight excluding hydrogens is 128 g/mol. The molecule has 0 nitrogen and oxygen atoms in total. The van der Waals surface area contributed by atoms with Crippen LogP contribution in [-0.2, 0) is 0 Å². The molecule has 1 heteroatoms. The lowest BCUT2D eigenvalue weighted by molar-refractivity contribution is 0.836.